The van der Waals surface area contributed by atoms with E-state index in [1.807, 2.05) is 75.6 Å². The first kappa shape index (κ1) is 24.9. The number of nitrogens with zero attached hydrogens (tertiary/aromatic N) is 4. The van der Waals surface area contributed by atoms with Crippen LogP contribution in [0.15, 0.2) is 56.8 Å². The van der Waals surface area contributed by atoms with Crippen LogP contribution in [0.4, 0.5) is 0 Å². The predicted molar refractivity (Wildman–Crippen MR) is 143 cm³/mol. The minimum absolute atomic E-state index is 0.237. The van der Waals surface area contributed by atoms with Gasteiger partial charge in [-0.2, -0.15) is 9.78 Å². The van der Waals surface area contributed by atoms with Gasteiger partial charge in [0.05, 0.1) is 23.7 Å². The van der Waals surface area contributed by atoms with E-state index in [1.165, 1.54) is 4.68 Å². The average Bonchev–Trinajstić information content (AvgIpc) is 3.08. The number of fused-ring (bicyclic) bond motifs is 2. The zero-order valence-electron chi connectivity index (χ0n) is 20.8. The van der Waals surface area contributed by atoms with Crippen molar-refractivity contribution in [1.82, 2.24) is 14.2 Å². The first-order valence-electron chi connectivity index (χ1n) is 11.6. The first-order chi connectivity index (χ1) is 16.5. The fourth-order valence-corrected chi connectivity index (χ4v) is 4.67. The lowest BCUT2D eigenvalue weighted by Crippen LogP contribution is -2.29. The van der Waals surface area contributed by atoms with Gasteiger partial charge < -0.3 is 9.30 Å². The lowest BCUT2D eigenvalue weighted by molar-refractivity contribution is -0.146. The Kier molecular flexibility index (Phi) is 6.68. The third-order valence-corrected chi connectivity index (χ3v) is 6.49. The minimum Gasteiger partial charge on any atom is -0.464 e. The maximum Gasteiger partial charge on any atom is 0.328 e. The smallest absolute Gasteiger partial charge is 0.328 e. The molecule has 4 aromatic rings. The number of halogens is 1. The van der Waals surface area contributed by atoms with E-state index in [1.54, 1.807) is 19.2 Å². The van der Waals surface area contributed by atoms with Gasteiger partial charge in [0.15, 0.2) is 0 Å². The molecule has 0 aliphatic rings. The Labute approximate surface area is 212 Å². The lowest BCUT2D eigenvalue weighted by atomic mass is 9.95. The zero-order valence-corrected chi connectivity index (χ0v) is 22.4. The van der Waals surface area contributed by atoms with Crippen LogP contribution < -0.4 is 5.56 Å². The molecule has 0 saturated heterocycles. The molecule has 0 aliphatic heterocycles. The van der Waals surface area contributed by atoms with Gasteiger partial charge >= 0.3 is 5.97 Å². The van der Waals surface area contributed by atoms with E-state index >= 15 is 0 Å². The highest BCUT2D eigenvalue weighted by Crippen LogP contribution is 2.29. The van der Waals surface area contributed by atoms with Gasteiger partial charge in [-0.25, -0.2) is 9.78 Å². The molecule has 0 fully saturated rings. The third kappa shape index (κ3) is 4.55. The van der Waals surface area contributed by atoms with Crippen LogP contribution in [0.5, 0.6) is 0 Å². The quantitative estimate of drug-likeness (QED) is 0.241. The van der Waals surface area contributed by atoms with E-state index in [0.717, 1.165) is 26.6 Å². The van der Waals surface area contributed by atoms with Crippen molar-refractivity contribution in [2.45, 2.75) is 53.0 Å². The Balaban J connectivity index is 1.93. The second kappa shape index (κ2) is 9.41. The van der Waals surface area contributed by atoms with Gasteiger partial charge in [-0.3, -0.25) is 4.79 Å². The normalized spacial score (nSPS) is 13.1. The summed E-state index contributed by atoms with van der Waals surface area (Å²) in [6, 6.07) is 12.8. The topological polar surface area (TPSA) is 78.5 Å². The molecule has 35 heavy (non-hydrogen) atoms. The van der Waals surface area contributed by atoms with Crippen LogP contribution in [-0.4, -0.2) is 33.0 Å². The Morgan fingerprint density at radius 2 is 1.91 bits per heavy atom. The Morgan fingerprint density at radius 1 is 1.20 bits per heavy atom. The van der Waals surface area contributed by atoms with Gasteiger partial charge in [0, 0.05) is 32.0 Å². The molecule has 2 aromatic heterocycles. The highest BCUT2D eigenvalue weighted by atomic mass is 79.9. The van der Waals surface area contributed by atoms with Gasteiger partial charge in [-0.05, 0) is 45.0 Å². The van der Waals surface area contributed by atoms with Crippen molar-refractivity contribution in [3.8, 4) is 0 Å². The van der Waals surface area contributed by atoms with Crippen LogP contribution in [0.25, 0.3) is 21.8 Å². The number of carbonyl (C=O) groups is 1. The first-order valence-corrected chi connectivity index (χ1v) is 12.4. The monoisotopic (exact) mass is 536 g/mol. The molecule has 2 aromatic carbocycles. The molecular formula is C27H29BrN4O3. The largest absolute Gasteiger partial charge is 0.464 e. The number of benzene rings is 2. The van der Waals surface area contributed by atoms with Gasteiger partial charge in [-0.1, -0.05) is 54.9 Å². The number of hydrogen-bond donors (Lipinski definition) is 0. The summed E-state index contributed by atoms with van der Waals surface area (Å²) in [6.07, 6.45) is 1.69. The van der Waals surface area contributed by atoms with Crippen LogP contribution in [0.2, 0.25) is 0 Å². The lowest BCUT2D eigenvalue weighted by Gasteiger charge is -2.21. The molecule has 0 N–H and O–H groups in total. The maximum atomic E-state index is 13.5. The van der Waals surface area contributed by atoms with Crippen LogP contribution in [-0.2, 0) is 14.9 Å². The van der Waals surface area contributed by atoms with Crippen molar-refractivity contribution in [2.75, 3.05) is 6.61 Å². The molecule has 0 aliphatic carbocycles. The van der Waals surface area contributed by atoms with Crippen molar-refractivity contribution >= 4 is 49.9 Å². The SMILES string of the molecule is CCOC(=O)[C@H](C)n1c(C)c(C=Nn2c(C(C)(C)C)nc3ccc(Br)cc3c2=O)c2ccccc21. The Morgan fingerprint density at radius 3 is 2.60 bits per heavy atom. The van der Waals surface area contributed by atoms with E-state index < -0.39 is 11.5 Å². The molecule has 0 unspecified atom stereocenters. The summed E-state index contributed by atoms with van der Waals surface area (Å²) < 4.78 is 9.41. The molecule has 2 heterocycles. The molecule has 182 valence electrons. The number of ether oxygens (including phenoxy) is 1. The fraction of sp³-hybridized carbons (Fsp3) is 0.333. The van der Waals surface area contributed by atoms with Gasteiger partial charge in [-0.15, -0.1) is 0 Å². The number of rotatable bonds is 5. The average molecular weight is 537 g/mol. The molecule has 7 nitrogen and oxygen atoms in total. The molecule has 4 rings (SSSR count). The number of aromatic nitrogens is 3. The Bertz CT molecular complexity index is 1530. The zero-order chi connectivity index (χ0) is 25.5. The van der Waals surface area contributed by atoms with Crippen molar-refractivity contribution < 1.29 is 9.53 Å². The summed E-state index contributed by atoms with van der Waals surface area (Å²) in [4.78, 5) is 30.8. The van der Waals surface area contributed by atoms with Crippen molar-refractivity contribution in [3.05, 3.63) is 74.4 Å². The van der Waals surface area contributed by atoms with Gasteiger partial charge in [0.25, 0.3) is 5.56 Å². The van der Waals surface area contributed by atoms with E-state index in [2.05, 4.69) is 21.0 Å². The number of esters is 1. The molecule has 0 spiro atoms. The standard InChI is InChI=1S/C27H29BrN4O3/c1-7-35-25(34)17(3)31-16(2)21(19-10-8-9-11-23(19)31)15-29-32-24(33)20-14-18(28)12-13-22(20)30-26(32)27(4,5)6/h8-15,17H,7H2,1-6H3/t17-/m0/s1. The molecule has 8 heteroatoms. The number of carbonyl (C=O) groups excluding carboxylic acids is 1. The van der Waals surface area contributed by atoms with E-state index in [4.69, 9.17) is 9.72 Å². The van der Waals surface area contributed by atoms with Crippen LogP contribution in [0.1, 0.15) is 57.7 Å². The predicted octanol–water partition coefficient (Wildman–Crippen LogP) is 5.73. The van der Waals surface area contributed by atoms with Gasteiger partial charge in [0.1, 0.15) is 11.9 Å². The number of para-hydroxylation sites is 1. The highest BCUT2D eigenvalue weighted by molar-refractivity contribution is 9.10. The summed E-state index contributed by atoms with van der Waals surface area (Å²) in [6.45, 7) is 11.9. The molecule has 1 atom stereocenters. The third-order valence-electron chi connectivity index (χ3n) is 6.00. The van der Waals surface area contributed by atoms with E-state index in [0.29, 0.717) is 23.3 Å². The van der Waals surface area contributed by atoms with Crippen molar-refractivity contribution in [3.63, 3.8) is 0 Å². The minimum atomic E-state index is -0.505. The van der Waals surface area contributed by atoms with Crippen LogP contribution >= 0.6 is 15.9 Å². The summed E-state index contributed by atoms with van der Waals surface area (Å²) in [5.74, 6) is 0.269. The highest BCUT2D eigenvalue weighted by Gasteiger charge is 2.25. The Hall–Kier alpha value is -3.26. The summed E-state index contributed by atoms with van der Waals surface area (Å²) in [5.41, 5.74) is 2.56. The second-order valence-corrected chi connectivity index (χ2v) is 10.4. The van der Waals surface area contributed by atoms with E-state index in [9.17, 15) is 9.59 Å². The molecule has 0 radical (unpaired) electrons. The van der Waals surface area contributed by atoms with Crippen molar-refractivity contribution in [2.24, 2.45) is 5.10 Å². The van der Waals surface area contributed by atoms with E-state index in [-0.39, 0.29) is 11.5 Å². The second-order valence-electron chi connectivity index (χ2n) is 9.52. The number of hydrogen-bond acceptors (Lipinski definition) is 5. The summed E-state index contributed by atoms with van der Waals surface area (Å²) >= 11 is 3.45. The summed E-state index contributed by atoms with van der Waals surface area (Å²) in [7, 11) is 0. The van der Waals surface area contributed by atoms with Gasteiger partial charge in [0.2, 0.25) is 0 Å². The molecule has 0 saturated carbocycles. The maximum absolute atomic E-state index is 13.5. The van der Waals surface area contributed by atoms with Crippen molar-refractivity contribution in [1.29, 1.82) is 0 Å². The molecule has 0 bridgehead atoms. The summed E-state index contributed by atoms with van der Waals surface area (Å²) in [5, 5.41) is 6.08. The fourth-order valence-electron chi connectivity index (χ4n) is 4.30. The molecule has 0 amide bonds. The van der Waals surface area contributed by atoms with Crippen LogP contribution in [0.3, 0.4) is 0 Å². The van der Waals surface area contributed by atoms with Crippen LogP contribution in [0, 0.1) is 6.92 Å². The molecular weight excluding hydrogens is 508 g/mol.